The highest BCUT2D eigenvalue weighted by Crippen LogP contribution is 2.18. The average molecular weight is 178 g/mol. The molecule has 1 radical (unpaired) electrons. The maximum Gasteiger partial charge on any atom is 0.0380 e. The lowest BCUT2D eigenvalue weighted by Gasteiger charge is -2.03. The minimum atomic E-state index is 0.836. The molecule has 49 valence electrons. The quantitative estimate of drug-likeness (QED) is 0.621. The van der Waals surface area contributed by atoms with Crippen molar-refractivity contribution >= 4 is 15.9 Å². The molecule has 0 bridgehead atoms. The second-order valence-corrected chi connectivity index (χ2v) is 3.96. The molecule has 0 heterocycles. The molecule has 0 saturated heterocycles. The molecule has 0 nitrogen and oxygen atoms in total. The molecule has 0 aromatic carbocycles. The predicted molar refractivity (Wildman–Crippen MR) is 41.9 cm³/mol. The minimum absolute atomic E-state index is 0.836. The lowest BCUT2D eigenvalue weighted by molar-refractivity contribution is 0.579. The fourth-order valence-corrected chi connectivity index (χ4v) is 0.716. The first-order valence-corrected chi connectivity index (χ1v) is 3.90. The Labute approximate surface area is 60.8 Å². The third kappa shape index (κ3) is 6.48. The third-order valence-corrected chi connectivity index (χ3v) is 1.46. The Hall–Kier alpha value is 0.480. The summed E-state index contributed by atoms with van der Waals surface area (Å²) in [6.07, 6.45) is 2.52. The van der Waals surface area contributed by atoms with E-state index in [-0.39, 0.29) is 0 Å². The summed E-state index contributed by atoms with van der Waals surface area (Å²) >= 11 is 3.42. The van der Waals surface area contributed by atoms with Crippen molar-refractivity contribution in [3.8, 4) is 0 Å². The molecule has 0 atom stereocenters. The Balaban J connectivity index is 2.93. The van der Waals surface area contributed by atoms with Gasteiger partial charge in [-0.15, -0.1) is 0 Å². The molecule has 0 spiro atoms. The summed E-state index contributed by atoms with van der Waals surface area (Å²) in [7, 11) is 0. The number of halogens is 1. The van der Waals surface area contributed by atoms with Crippen LogP contribution in [-0.2, 0) is 0 Å². The van der Waals surface area contributed by atoms with Crippen LogP contribution in [0.2, 0.25) is 0 Å². The van der Waals surface area contributed by atoms with Gasteiger partial charge in [0.25, 0.3) is 0 Å². The maximum atomic E-state index is 3.42. The van der Waals surface area contributed by atoms with Gasteiger partial charge in [0.15, 0.2) is 0 Å². The van der Waals surface area contributed by atoms with Crippen LogP contribution in [0.4, 0.5) is 0 Å². The van der Waals surface area contributed by atoms with Gasteiger partial charge < -0.3 is 0 Å². The van der Waals surface area contributed by atoms with E-state index in [2.05, 4.69) is 36.7 Å². The summed E-state index contributed by atoms with van der Waals surface area (Å²) < 4.78 is 0. The van der Waals surface area contributed by atoms with E-state index < -0.39 is 0 Å². The van der Waals surface area contributed by atoms with Crippen molar-refractivity contribution in [1.29, 1.82) is 0 Å². The van der Waals surface area contributed by atoms with Crippen molar-refractivity contribution in [3.05, 3.63) is 4.83 Å². The molecule has 8 heavy (non-hydrogen) atoms. The lowest BCUT2D eigenvalue weighted by Crippen LogP contribution is -1.88. The van der Waals surface area contributed by atoms with Crippen LogP contribution < -0.4 is 0 Å². The molecule has 0 fully saturated rings. The second kappa shape index (κ2) is 4.37. The van der Waals surface area contributed by atoms with Gasteiger partial charge in [-0.05, 0) is 25.7 Å². The van der Waals surface area contributed by atoms with E-state index in [0.717, 1.165) is 5.92 Å². The second-order valence-electron chi connectivity index (χ2n) is 2.61. The fourth-order valence-electron chi connectivity index (χ4n) is 0.488. The van der Waals surface area contributed by atoms with Gasteiger partial charge in [-0.25, -0.2) is 0 Å². The summed E-state index contributed by atoms with van der Waals surface area (Å²) in [5, 5.41) is 0. The molecule has 0 aliphatic rings. The van der Waals surface area contributed by atoms with Gasteiger partial charge in [0.05, 0.1) is 0 Å². The summed E-state index contributed by atoms with van der Waals surface area (Å²) in [6, 6.07) is 0. The van der Waals surface area contributed by atoms with Gasteiger partial charge in [0.1, 0.15) is 0 Å². The van der Waals surface area contributed by atoms with Crippen LogP contribution >= 0.6 is 15.9 Å². The van der Waals surface area contributed by atoms with E-state index in [1.54, 1.807) is 0 Å². The topological polar surface area (TPSA) is 0 Å². The van der Waals surface area contributed by atoms with Crippen LogP contribution in [0.3, 0.4) is 0 Å². The highest BCUT2D eigenvalue weighted by molar-refractivity contribution is 9.11. The molecule has 0 aliphatic carbocycles. The van der Waals surface area contributed by atoms with Crippen molar-refractivity contribution in [2.75, 3.05) is 0 Å². The van der Waals surface area contributed by atoms with Crippen LogP contribution in [0.5, 0.6) is 0 Å². The molecule has 0 aliphatic heterocycles. The lowest BCUT2D eigenvalue weighted by atomic mass is 10.1. The zero-order valence-corrected chi connectivity index (χ0v) is 7.46. The first-order valence-electron chi connectivity index (χ1n) is 3.11. The molecule has 0 N–H and O–H groups in total. The van der Waals surface area contributed by atoms with Crippen molar-refractivity contribution in [2.24, 2.45) is 5.92 Å². The molecule has 1 heteroatoms. The van der Waals surface area contributed by atoms with Crippen LogP contribution in [0.25, 0.3) is 0 Å². The Bertz CT molecular complexity index is 40.3. The number of rotatable bonds is 3. The highest BCUT2D eigenvalue weighted by Gasteiger charge is 1.97. The van der Waals surface area contributed by atoms with Gasteiger partial charge in [-0.1, -0.05) is 29.8 Å². The zero-order chi connectivity index (χ0) is 6.57. The fraction of sp³-hybridized carbons (Fsp3) is 0.857. The van der Waals surface area contributed by atoms with Crippen LogP contribution in [-0.4, -0.2) is 0 Å². The first-order chi connectivity index (χ1) is 3.63. The summed E-state index contributed by atoms with van der Waals surface area (Å²) in [4.78, 5) is 1.37. The van der Waals surface area contributed by atoms with Gasteiger partial charge in [-0.3, -0.25) is 0 Å². The van der Waals surface area contributed by atoms with Crippen molar-refractivity contribution in [3.63, 3.8) is 0 Å². The zero-order valence-electron chi connectivity index (χ0n) is 5.87. The smallest absolute Gasteiger partial charge is 0.0380 e. The summed E-state index contributed by atoms with van der Waals surface area (Å²) in [5.74, 6) is 0.836. The Morgan fingerprint density at radius 3 is 2.12 bits per heavy atom. The minimum Gasteiger partial charge on any atom is -0.0841 e. The van der Waals surface area contributed by atoms with Gasteiger partial charge in [0.2, 0.25) is 0 Å². The van der Waals surface area contributed by atoms with Crippen LogP contribution in [0, 0.1) is 10.7 Å². The van der Waals surface area contributed by atoms with E-state index in [4.69, 9.17) is 0 Å². The molecule has 0 amide bonds. The molecule has 0 aromatic heterocycles. The summed E-state index contributed by atoms with van der Waals surface area (Å²) in [5.41, 5.74) is 0. The monoisotopic (exact) mass is 177 g/mol. The predicted octanol–water partition coefficient (Wildman–Crippen LogP) is 3.37. The first kappa shape index (κ1) is 8.48. The standard InChI is InChI=1S/C7H14Br/c1-6(2)4-5-7(3)8/h6H,4-5H2,1-3H3. The van der Waals surface area contributed by atoms with Crippen molar-refractivity contribution in [1.82, 2.24) is 0 Å². The third-order valence-electron chi connectivity index (χ3n) is 1.07. The Morgan fingerprint density at radius 2 is 2.00 bits per heavy atom. The van der Waals surface area contributed by atoms with Gasteiger partial charge >= 0.3 is 0 Å². The van der Waals surface area contributed by atoms with Gasteiger partial charge in [0, 0.05) is 4.83 Å². The maximum absolute atomic E-state index is 3.42. The Kier molecular flexibility index (Phi) is 4.63. The molecular formula is C7H14Br. The molecule has 0 unspecified atom stereocenters. The van der Waals surface area contributed by atoms with Crippen LogP contribution in [0.15, 0.2) is 0 Å². The van der Waals surface area contributed by atoms with Crippen LogP contribution in [0.1, 0.15) is 33.6 Å². The van der Waals surface area contributed by atoms with E-state index in [1.165, 1.54) is 17.7 Å². The average Bonchev–Trinajstić information content (AvgIpc) is 1.61. The summed E-state index contributed by atoms with van der Waals surface area (Å²) in [6.45, 7) is 6.61. The van der Waals surface area contributed by atoms with Crippen molar-refractivity contribution in [2.45, 2.75) is 33.6 Å². The number of hydrogen-bond acceptors (Lipinski definition) is 0. The van der Waals surface area contributed by atoms with E-state index in [1.807, 2.05) is 0 Å². The van der Waals surface area contributed by atoms with E-state index >= 15 is 0 Å². The normalized spacial score (nSPS) is 11.2. The highest BCUT2D eigenvalue weighted by atomic mass is 79.9. The molecule has 0 aromatic rings. The largest absolute Gasteiger partial charge is 0.0841 e. The number of hydrogen-bond donors (Lipinski definition) is 0. The molecular weight excluding hydrogens is 164 g/mol. The van der Waals surface area contributed by atoms with E-state index in [9.17, 15) is 0 Å². The van der Waals surface area contributed by atoms with Crippen molar-refractivity contribution < 1.29 is 0 Å². The van der Waals surface area contributed by atoms with E-state index in [0.29, 0.717) is 0 Å². The molecule has 0 rings (SSSR count). The SMILES string of the molecule is C[C](Br)CCC(C)C. The Morgan fingerprint density at radius 1 is 1.50 bits per heavy atom. The van der Waals surface area contributed by atoms with Gasteiger partial charge in [-0.2, -0.15) is 0 Å². The molecule has 0 saturated carbocycles.